The van der Waals surface area contributed by atoms with Gasteiger partial charge in [-0.05, 0) is 48.8 Å². The van der Waals surface area contributed by atoms with Crippen LogP contribution in [-0.4, -0.2) is 17.6 Å². The highest BCUT2D eigenvalue weighted by molar-refractivity contribution is 9.10. The van der Waals surface area contributed by atoms with E-state index in [2.05, 4.69) is 46.6 Å². The molecule has 72 valence electrons. The van der Waals surface area contributed by atoms with Crippen LogP contribution in [-0.2, 0) is 0 Å². The zero-order valence-corrected chi connectivity index (χ0v) is 10.1. The lowest BCUT2D eigenvalue weighted by Gasteiger charge is -2.33. The maximum atomic E-state index is 4.32. The minimum absolute atomic E-state index is 0.0941. The molecule has 0 unspecified atom stereocenters. The Kier molecular flexibility index (Phi) is 2.96. The summed E-state index contributed by atoms with van der Waals surface area (Å²) in [6.07, 6.45) is 1.81. The molecule has 0 aromatic carbocycles. The van der Waals surface area contributed by atoms with E-state index < -0.39 is 0 Å². The van der Waals surface area contributed by atoms with Crippen LogP contribution < -0.4 is 4.90 Å². The van der Waals surface area contributed by atoms with Gasteiger partial charge in [0.15, 0.2) is 0 Å². The summed E-state index contributed by atoms with van der Waals surface area (Å²) in [6, 6.07) is 3.93. The van der Waals surface area contributed by atoms with E-state index in [0.29, 0.717) is 0 Å². The molecule has 2 nitrogen and oxygen atoms in total. The summed E-state index contributed by atoms with van der Waals surface area (Å²) < 4.78 is 1.03. The minimum atomic E-state index is 0.0941. The van der Waals surface area contributed by atoms with E-state index in [1.807, 2.05) is 25.4 Å². The summed E-state index contributed by atoms with van der Waals surface area (Å²) in [7, 11) is 2.05. The van der Waals surface area contributed by atoms with Gasteiger partial charge in [-0.3, -0.25) is 0 Å². The van der Waals surface area contributed by atoms with Crippen LogP contribution in [0.1, 0.15) is 20.8 Å². The molecule has 0 saturated heterocycles. The number of aromatic nitrogens is 1. The van der Waals surface area contributed by atoms with Crippen molar-refractivity contribution in [2.24, 2.45) is 0 Å². The molecule has 0 bridgehead atoms. The van der Waals surface area contributed by atoms with Gasteiger partial charge in [0.2, 0.25) is 0 Å². The molecule has 0 N–H and O–H groups in total. The van der Waals surface area contributed by atoms with E-state index in [0.717, 1.165) is 10.3 Å². The number of pyridine rings is 1. The van der Waals surface area contributed by atoms with Gasteiger partial charge in [0, 0.05) is 18.8 Å². The quantitative estimate of drug-likeness (QED) is 0.753. The van der Waals surface area contributed by atoms with Crippen LogP contribution in [0.3, 0.4) is 0 Å². The van der Waals surface area contributed by atoms with Gasteiger partial charge in [0.05, 0.1) is 4.47 Å². The first-order valence-electron chi connectivity index (χ1n) is 4.27. The maximum Gasteiger partial charge on any atom is 0.143 e. The van der Waals surface area contributed by atoms with Crippen LogP contribution in [0.25, 0.3) is 0 Å². The molecular formula is C10H15BrN2. The first-order chi connectivity index (χ1) is 5.93. The minimum Gasteiger partial charge on any atom is -0.354 e. The van der Waals surface area contributed by atoms with Crippen LogP contribution >= 0.6 is 15.9 Å². The summed E-state index contributed by atoms with van der Waals surface area (Å²) in [5.74, 6) is 0.981. The fourth-order valence-corrected chi connectivity index (χ4v) is 1.46. The fraction of sp³-hybridized carbons (Fsp3) is 0.500. The number of hydrogen-bond acceptors (Lipinski definition) is 2. The first-order valence-corrected chi connectivity index (χ1v) is 5.06. The first kappa shape index (κ1) is 10.5. The molecule has 1 aromatic heterocycles. The summed E-state index contributed by atoms with van der Waals surface area (Å²) in [4.78, 5) is 6.47. The van der Waals surface area contributed by atoms with Crippen molar-refractivity contribution < 1.29 is 0 Å². The third-order valence-electron chi connectivity index (χ3n) is 2.06. The molecule has 1 heterocycles. The number of anilines is 1. The van der Waals surface area contributed by atoms with Crippen molar-refractivity contribution in [1.82, 2.24) is 4.98 Å². The highest BCUT2D eigenvalue weighted by atomic mass is 79.9. The van der Waals surface area contributed by atoms with Crippen molar-refractivity contribution in [2.45, 2.75) is 26.3 Å². The van der Waals surface area contributed by atoms with E-state index in [4.69, 9.17) is 0 Å². The number of halogens is 1. The zero-order chi connectivity index (χ0) is 10.1. The van der Waals surface area contributed by atoms with E-state index >= 15 is 0 Å². The highest BCUT2D eigenvalue weighted by Gasteiger charge is 2.19. The maximum absolute atomic E-state index is 4.32. The molecule has 0 spiro atoms. The van der Waals surface area contributed by atoms with Gasteiger partial charge in [0.1, 0.15) is 5.82 Å². The molecule has 13 heavy (non-hydrogen) atoms. The van der Waals surface area contributed by atoms with Gasteiger partial charge >= 0.3 is 0 Å². The standard InChI is InChI=1S/C10H15BrN2/c1-10(2,3)13(4)9-8(11)6-5-7-12-9/h5-7H,1-4H3. The molecule has 0 aliphatic rings. The molecular weight excluding hydrogens is 228 g/mol. The average molecular weight is 243 g/mol. The van der Waals surface area contributed by atoms with Crippen LogP contribution in [0.2, 0.25) is 0 Å². The van der Waals surface area contributed by atoms with Gasteiger partial charge in [-0.1, -0.05) is 0 Å². The zero-order valence-electron chi connectivity index (χ0n) is 8.50. The van der Waals surface area contributed by atoms with Gasteiger partial charge in [-0.2, -0.15) is 0 Å². The lowest BCUT2D eigenvalue weighted by atomic mass is 10.1. The Hall–Kier alpha value is -0.570. The molecule has 0 radical (unpaired) electrons. The summed E-state index contributed by atoms with van der Waals surface area (Å²) in [5.41, 5.74) is 0.0941. The second-order valence-electron chi connectivity index (χ2n) is 4.04. The predicted octanol–water partition coefficient (Wildman–Crippen LogP) is 3.08. The Morgan fingerprint density at radius 2 is 2.00 bits per heavy atom. The molecule has 0 aliphatic heterocycles. The lowest BCUT2D eigenvalue weighted by Crippen LogP contribution is -2.38. The molecule has 1 rings (SSSR count). The molecule has 1 aromatic rings. The van der Waals surface area contributed by atoms with Gasteiger partial charge in [-0.25, -0.2) is 4.98 Å². The van der Waals surface area contributed by atoms with Crippen LogP contribution in [0.5, 0.6) is 0 Å². The van der Waals surface area contributed by atoms with Gasteiger partial charge in [0.25, 0.3) is 0 Å². The number of rotatable bonds is 1. The Labute approximate surface area is 88.1 Å². The van der Waals surface area contributed by atoms with E-state index in [1.54, 1.807) is 0 Å². The van der Waals surface area contributed by atoms with Crippen molar-refractivity contribution in [1.29, 1.82) is 0 Å². The summed E-state index contributed by atoms with van der Waals surface area (Å²) in [5, 5.41) is 0. The Morgan fingerprint density at radius 1 is 1.38 bits per heavy atom. The number of nitrogens with zero attached hydrogens (tertiary/aromatic N) is 2. The predicted molar refractivity (Wildman–Crippen MR) is 60.1 cm³/mol. The van der Waals surface area contributed by atoms with Gasteiger partial charge in [-0.15, -0.1) is 0 Å². The van der Waals surface area contributed by atoms with E-state index in [1.165, 1.54) is 0 Å². The normalized spacial score (nSPS) is 11.5. The lowest BCUT2D eigenvalue weighted by molar-refractivity contribution is 0.533. The van der Waals surface area contributed by atoms with Crippen molar-refractivity contribution in [3.8, 4) is 0 Å². The third kappa shape index (κ3) is 2.44. The molecule has 0 saturated carbocycles. The Balaban J connectivity index is 3.02. The van der Waals surface area contributed by atoms with Crippen LogP contribution in [0.4, 0.5) is 5.82 Å². The van der Waals surface area contributed by atoms with Crippen LogP contribution in [0.15, 0.2) is 22.8 Å². The topological polar surface area (TPSA) is 16.1 Å². The van der Waals surface area contributed by atoms with E-state index in [9.17, 15) is 0 Å². The molecule has 0 amide bonds. The Morgan fingerprint density at radius 3 is 2.46 bits per heavy atom. The second kappa shape index (κ2) is 3.66. The fourth-order valence-electron chi connectivity index (χ4n) is 0.942. The largest absolute Gasteiger partial charge is 0.354 e. The number of hydrogen-bond donors (Lipinski definition) is 0. The molecule has 0 fully saturated rings. The monoisotopic (exact) mass is 242 g/mol. The Bertz CT molecular complexity index is 291. The van der Waals surface area contributed by atoms with Crippen molar-refractivity contribution in [3.05, 3.63) is 22.8 Å². The van der Waals surface area contributed by atoms with Gasteiger partial charge < -0.3 is 4.90 Å². The summed E-state index contributed by atoms with van der Waals surface area (Å²) in [6.45, 7) is 6.48. The molecule has 0 aliphatic carbocycles. The van der Waals surface area contributed by atoms with Crippen molar-refractivity contribution in [3.63, 3.8) is 0 Å². The van der Waals surface area contributed by atoms with Crippen molar-refractivity contribution in [2.75, 3.05) is 11.9 Å². The van der Waals surface area contributed by atoms with Crippen LogP contribution in [0, 0.1) is 0 Å². The second-order valence-corrected chi connectivity index (χ2v) is 4.89. The SMILES string of the molecule is CN(c1ncccc1Br)C(C)(C)C. The molecule has 3 heteroatoms. The average Bonchev–Trinajstić information content (AvgIpc) is 2.02. The summed E-state index contributed by atoms with van der Waals surface area (Å²) >= 11 is 3.49. The highest BCUT2D eigenvalue weighted by Crippen LogP contribution is 2.26. The third-order valence-corrected chi connectivity index (χ3v) is 2.68. The molecule has 0 atom stereocenters. The van der Waals surface area contributed by atoms with E-state index in [-0.39, 0.29) is 5.54 Å². The smallest absolute Gasteiger partial charge is 0.143 e. The van der Waals surface area contributed by atoms with Crippen molar-refractivity contribution >= 4 is 21.7 Å².